The third kappa shape index (κ3) is 8.94. The molecular weight excluding hydrogens is 532 g/mol. The normalized spacial score (nSPS) is 12.6. The molecular formula is C39H58O4. The standard InChI is InChI=1S/C25H36O2.C14H22O2/c1-9-16-11-18(22(26)20(13-16)24(3,4)5)15-19-12-17(10-2)14-21(23(19)27)25(6,7)8;1-13(2,3)9-7-12(16)10(8-11(9)15)14(4,5)6/h11-14,26-27H,9-10,15H2,1-8H3;7-8,15-16H,1-6H3. The topological polar surface area (TPSA) is 80.9 Å². The molecule has 0 unspecified atom stereocenters. The van der Waals surface area contributed by atoms with Crippen LogP contribution >= 0.6 is 0 Å². The molecule has 0 aliphatic rings. The average molecular weight is 591 g/mol. The zero-order chi connectivity index (χ0) is 33.3. The molecule has 0 saturated carbocycles. The minimum absolute atomic E-state index is 0.131. The van der Waals surface area contributed by atoms with Crippen molar-refractivity contribution in [2.45, 2.75) is 138 Å². The van der Waals surface area contributed by atoms with E-state index < -0.39 is 0 Å². The summed E-state index contributed by atoms with van der Waals surface area (Å²) < 4.78 is 0. The molecule has 4 N–H and O–H groups in total. The van der Waals surface area contributed by atoms with Crippen molar-refractivity contribution in [2.24, 2.45) is 0 Å². The van der Waals surface area contributed by atoms with Crippen LogP contribution in [0.15, 0.2) is 36.4 Å². The van der Waals surface area contributed by atoms with Crippen LogP contribution in [0.3, 0.4) is 0 Å². The molecule has 0 atom stereocenters. The van der Waals surface area contributed by atoms with Crippen LogP contribution in [0.1, 0.15) is 141 Å². The number of phenolic OH excluding ortho intramolecular Hbond substituents is 4. The van der Waals surface area contributed by atoms with Crippen molar-refractivity contribution < 1.29 is 20.4 Å². The zero-order valence-electron chi connectivity index (χ0n) is 29.4. The number of hydrogen-bond acceptors (Lipinski definition) is 4. The average Bonchev–Trinajstić information content (AvgIpc) is 2.85. The lowest BCUT2D eigenvalue weighted by atomic mass is 9.81. The molecule has 4 nitrogen and oxygen atoms in total. The van der Waals surface area contributed by atoms with E-state index in [1.807, 2.05) is 41.5 Å². The summed E-state index contributed by atoms with van der Waals surface area (Å²) in [4.78, 5) is 0. The Morgan fingerprint density at radius 3 is 0.930 bits per heavy atom. The molecule has 238 valence electrons. The Kier molecular flexibility index (Phi) is 10.8. The predicted octanol–water partition coefficient (Wildman–Crippen LogP) is 10.1. The van der Waals surface area contributed by atoms with Crippen molar-refractivity contribution in [2.75, 3.05) is 0 Å². The van der Waals surface area contributed by atoms with E-state index >= 15 is 0 Å². The third-order valence-corrected chi connectivity index (χ3v) is 8.04. The SMILES string of the molecule is CC(C)(C)c1cc(O)c(C(C)(C)C)cc1O.CCc1cc(Cc2cc(CC)cc(C(C)(C)C)c2O)c(O)c(C(C)(C)C)c1. The Hall–Kier alpha value is -3.14. The van der Waals surface area contributed by atoms with E-state index in [1.165, 1.54) is 11.1 Å². The molecule has 0 spiro atoms. The molecule has 0 aliphatic heterocycles. The van der Waals surface area contributed by atoms with Gasteiger partial charge in [0.05, 0.1) is 0 Å². The van der Waals surface area contributed by atoms with Gasteiger partial charge in [-0.2, -0.15) is 0 Å². The molecule has 0 aliphatic carbocycles. The highest BCUT2D eigenvalue weighted by Gasteiger charge is 2.26. The van der Waals surface area contributed by atoms with E-state index in [2.05, 4.69) is 79.7 Å². The lowest BCUT2D eigenvalue weighted by Crippen LogP contribution is -2.15. The van der Waals surface area contributed by atoms with Gasteiger partial charge in [0.15, 0.2) is 0 Å². The Balaban J connectivity index is 0.000000344. The minimum Gasteiger partial charge on any atom is -0.508 e. The Morgan fingerprint density at radius 2 is 0.698 bits per heavy atom. The highest BCUT2D eigenvalue weighted by Crippen LogP contribution is 2.41. The van der Waals surface area contributed by atoms with Crippen LogP contribution in [0, 0.1) is 0 Å². The van der Waals surface area contributed by atoms with Crippen LogP contribution in [0.25, 0.3) is 0 Å². The van der Waals surface area contributed by atoms with Gasteiger partial charge in [0.2, 0.25) is 0 Å². The molecule has 43 heavy (non-hydrogen) atoms. The van der Waals surface area contributed by atoms with Gasteiger partial charge in [-0.25, -0.2) is 0 Å². The number of rotatable bonds is 4. The molecule has 0 fully saturated rings. The molecule has 0 saturated heterocycles. The quantitative estimate of drug-likeness (QED) is 0.228. The van der Waals surface area contributed by atoms with Gasteiger partial charge in [-0.15, -0.1) is 0 Å². The van der Waals surface area contributed by atoms with Crippen molar-refractivity contribution in [1.82, 2.24) is 0 Å². The maximum absolute atomic E-state index is 11.0. The lowest BCUT2D eigenvalue weighted by molar-refractivity contribution is 0.419. The van der Waals surface area contributed by atoms with Crippen molar-refractivity contribution >= 4 is 0 Å². The fourth-order valence-electron chi connectivity index (χ4n) is 5.33. The van der Waals surface area contributed by atoms with E-state index in [0.29, 0.717) is 17.9 Å². The Bertz CT molecular complexity index is 1310. The third-order valence-electron chi connectivity index (χ3n) is 8.04. The first-order valence-corrected chi connectivity index (χ1v) is 15.7. The van der Waals surface area contributed by atoms with Gasteiger partial charge in [-0.1, -0.05) is 121 Å². The zero-order valence-corrected chi connectivity index (χ0v) is 29.4. The second kappa shape index (κ2) is 12.8. The summed E-state index contributed by atoms with van der Waals surface area (Å²) in [6.45, 7) is 29.1. The number of aryl methyl sites for hydroxylation is 2. The lowest BCUT2D eigenvalue weighted by Gasteiger charge is -2.25. The summed E-state index contributed by atoms with van der Waals surface area (Å²) in [6, 6.07) is 11.7. The van der Waals surface area contributed by atoms with Crippen molar-refractivity contribution in [3.63, 3.8) is 0 Å². The van der Waals surface area contributed by atoms with Crippen molar-refractivity contribution in [3.05, 3.63) is 80.9 Å². The molecule has 4 heteroatoms. The van der Waals surface area contributed by atoms with Gasteiger partial charge in [-0.3, -0.25) is 0 Å². The molecule has 3 rings (SSSR count). The second-order valence-corrected chi connectivity index (χ2v) is 16.1. The van der Waals surface area contributed by atoms with E-state index in [0.717, 1.165) is 46.2 Å². The first-order valence-electron chi connectivity index (χ1n) is 15.7. The maximum atomic E-state index is 11.0. The van der Waals surface area contributed by atoms with Crippen LogP contribution in [-0.2, 0) is 40.9 Å². The number of phenols is 4. The first kappa shape index (κ1) is 36.1. The summed E-state index contributed by atoms with van der Waals surface area (Å²) in [5.41, 5.74) is 7.11. The Labute approximate surface area is 261 Å². The van der Waals surface area contributed by atoms with Gasteiger partial charge >= 0.3 is 0 Å². The fourth-order valence-corrected chi connectivity index (χ4v) is 5.33. The summed E-state index contributed by atoms with van der Waals surface area (Å²) in [7, 11) is 0. The van der Waals surface area contributed by atoms with Gasteiger partial charge in [0, 0.05) is 17.5 Å². The van der Waals surface area contributed by atoms with Gasteiger partial charge in [-0.05, 0) is 80.0 Å². The Morgan fingerprint density at radius 1 is 0.419 bits per heavy atom. The van der Waals surface area contributed by atoms with Gasteiger partial charge < -0.3 is 20.4 Å². The molecule has 3 aromatic rings. The van der Waals surface area contributed by atoms with Gasteiger partial charge in [0.1, 0.15) is 23.0 Å². The molecule has 0 aromatic heterocycles. The number of aromatic hydroxyl groups is 4. The highest BCUT2D eigenvalue weighted by atomic mass is 16.3. The maximum Gasteiger partial charge on any atom is 0.122 e. The highest BCUT2D eigenvalue weighted by molar-refractivity contribution is 5.54. The monoisotopic (exact) mass is 590 g/mol. The van der Waals surface area contributed by atoms with Crippen molar-refractivity contribution in [3.8, 4) is 23.0 Å². The van der Waals surface area contributed by atoms with Crippen LogP contribution in [0.5, 0.6) is 23.0 Å². The summed E-state index contributed by atoms with van der Waals surface area (Å²) in [6.07, 6.45) is 2.38. The van der Waals surface area contributed by atoms with Crippen molar-refractivity contribution in [1.29, 1.82) is 0 Å². The molecule has 0 bridgehead atoms. The van der Waals surface area contributed by atoms with Crippen LogP contribution in [-0.4, -0.2) is 20.4 Å². The minimum atomic E-state index is -0.169. The summed E-state index contributed by atoms with van der Waals surface area (Å²) in [5, 5.41) is 41.9. The second-order valence-electron chi connectivity index (χ2n) is 16.1. The van der Waals surface area contributed by atoms with Crippen LogP contribution < -0.4 is 0 Å². The number of hydrogen-bond donors (Lipinski definition) is 4. The van der Waals surface area contributed by atoms with E-state index in [9.17, 15) is 20.4 Å². The van der Waals surface area contributed by atoms with Gasteiger partial charge in [0.25, 0.3) is 0 Å². The molecule has 0 heterocycles. The molecule has 0 amide bonds. The summed E-state index contributed by atoms with van der Waals surface area (Å²) in [5.74, 6) is 1.24. The molecule has 3 aromatic carbocycles. The predicted molar refractivity (Wildman–Crippen MR) is 182 cm³/mol. The first-order chi connectivity index (χ1) is 19.4. The van der Waals surface area contributed by atoms with E-state index in [4.69, 9.17) is 0 Å². The smallest absolute Gasteiger partial charge is 0.122 e. The fraction of sp³-hybridized carbons (Fsp3) is 0.538. The summed E-state index contributed by atoms with van der Waals surface area (Å²) >= 11 is 0. The number of benzene rings is 3. The van der Waals surface area contributed by atoms with E-state index in [1.54, 1.807) is 12.1 Å². The van der Waals surface area contributed by atoms with Crippen LogP contribution in [0.4, 0.5) is 0 Å². The van der Waals surface area contributed by atoms with Crippen LogP contribution in [0.2, 0.25) is 0 Å². The largest absolute Gasteiger partial charge is 0.508 e. The molecule has 0 radical (unpaired) electrons. The van der Waals surface area contributed by atoms with E-state index in [-0.39, 0.29) is 33.2 Å².